The molecule has 31 heavy (non-hydrogen) atoms. The van der Waals surface area contributed by atoms with Crippen LogP contribution in [0, 0.1) is 5.92 Å². The van der Waals surface area contributed by atoms with Crippen LogP contribution >= 0.6 is 0 Å². The molecule has 8 nitrogen and oxygen atoms in total. The van der Waals surface area contributed by atoms with Crippen molar-refractivity contribution in [3.05, 3.63) is 0 Å². The Bertz CT molecular complexity index is 708. The van der Waals surface area contributed by atoms with Gasteiger partial charge in [0.1, 0.15) is 11.7 Å². The van der Waals surface area contributed by atoms with Crippen LogP contribution in [-0.4, -0.2) is 84.1 Å². The Kier molecular flexibility index (Phi) is 5.88. The first-order valence-electron chi connectivity index (χ1n) is 10.2. The molecular formula is C20H32F3NO7. The van der Waals surface area contributed by atoms with Gasteiger partial charge in [-0.1, -0.05) is 0 Å². The molecule has 1 amide bonds. The third-order valence-corrected chi connectivity index (χ3v) is 6.63. The van der Waals surface area contributed by atoms with Crippen LogP contribution in [0.5, 0.6) is 0 Å². The van der Waals surface area contributed by atoms with Crippen LogP contribution in [0.2, 0.25) is 0 Å². The van der Waals surface area contributed by atoms with Gasteiger partial charge in [0.25, 0.3) is 0 Å². The number of rotatable bonds is 3. The van der Waals surface area contributed by atoms with Gasteiger partial charge in [-0.3, -0.25) is 4.90 Å². The molecule has 0 aromatic heterocycles. The van der Waals surface area contributed by atoms with Gasteiger partial charge in [0.2, 0.25) is 11.6 Å². The molecule has 1 N–H and O–H groups in total. The number of hydrogen-bond donors (Lipinski definition) is 1. The summed E-state index contributed by atoms with van der Waals surface area (Å²) < 4.78 is 69.6. The number of nitrogens with zero attached hydrogens (tertiary/aromatic N) is 1. The standard InChI is InChI=1S/C20H32F3NO7/c1-16(2,3)31-15(26)24-10-11-13(30-18(5,28-7)17(4,27-6)29-11)12(19(24)8-9-19)14(25)20(21,22)23/h11-14,25H,8-10H2,1-7H3/t11-,12+,13+,14-,17+,18+/m1/s1. The van der Waals surface area contributed by atoms with Crippen LogP contribution in [0.15, 0.2) is 0 Å². The van der Waals surface area contributed by atoms with E-state index in [4.69, 9.17) is 23.7 Å². The molecule has 180 valence electrons. The second-order valence-corrected chi connectivity index (χ2v) is 9.75. The number of piperidine rings is 1. The number of ether oxygens (including phenoxy) is 5. The average molecular weight is 455 g/mol. The van der Waals surface area contributed by atoms with Gasteiger partial charge in [-0.15, -0.1) is 0 Å². The fourth-order valence-electron chi connectivity index (χ4n) is 4.65. The van der Waals surface area contributed by atoms with Crippen molar-refractivity contribution in [1.29, 1.82) is 0 Å². The van der Waals surface area contributed by atoms with Crippen molar-refractivity contribution in [1.82, 2.24) is 4.90 Å². The summed E-state index contributed by atoms with van der Waals surface area (Å²) in [6.45, 7) is 7.99. The minimum absolute atomic E-state index is 0.0700. The Morgan fingerprint density at radius 1 is 1.10 bits per heavy atom. The van der Waals surface area contributed by atoms with Crippen molar-refractivity contribution in [2.45, 2.75) is 94.7 Å². The molecule has 0 radical (unpaired) electrons. The number of carbonyl (C=O) groups is 1. The van der Waals surface area contributed by atoms with E-state index in [2.05, 4.69) is 0 Å². The SMILES string of the molecule is CO[C@@]1(C)O[C@@H]2[C@@H]([C@@H](O)C(F)(F)F)C3(CC3)N(C(=O)OC(C)(C)C)C[C@H]2O[C@]1(C)OC. The maximum Gasteiger partial charge on any atom is 0.414 e. The molecule has 0 aromatic rings. The number of halogens is 3. The Morgan fingerprint density at radius 2 is 1.61 bits per heavy atom. The number of fused-ring (bicyclic) bond motifs is 1. The first kappa shape index (κ1) is 24.5. The summed E-state index contributed by atoms with van der Waals surface area (Å²) in [6.07, 6.45) is -10.0. The van der Waals surface area contributed by atoms with Gasteiger partial charge >= 0.3 is 12.3 Å². The molecule has 2 saturated heterocycles. The number of amides is 1. The summed E-state index contributed by atoms with van der Waals surface area (Å²) in [7, 11) is 2.69. The zero-order valence-electron chi connectivity index (χ0n) is 18.9. The predicted octanol–water partition coefficient (Wildman–Crippen LogP) is 2.82. The highest BCUT2D eigenvalue weighted by Crippen LogP contribution is 2.58. The van der Waals surface area contributed by atoms with Crippen LogP contribution < -0.4 is 0 Å². The highest BCUT2D eigenvalue weighted by molar-refractivity contribution is 5.70. The lowest BCUT2D eigenvalue weighted by Gasteiger charge is -2.59. The number of carbonyl (C=O) groups excluding carboxylic acids is 1. The van der Waals surface area contributed by atoms with E-state index >= 15 is 0 Å². The second kappa shape index (κ2) is 7.44. The minimum atomic E-state index is -4.92. The van der Waals surface area contributed by atoms with Crippen molar-refractivity contribution in [2.75, 3.05) is 20.8 Å². The first-order valence-corrected chi connectivity index (χ1v) is 10.2. The zero-order chi connectivity index (χ0) is 23.6. The van der Waals surface area contributed by atoms with Gasteiger partial charge in [0, 0.05) is 20.1 Å². The lowest BCUT2D eigenvalue weighted by atomic mass is 9.77. The molecule has 3 fully saturated rings. The van der Waals surface area contributed by atoms with Crippen LogP contribution in [0.1, 0.15) is 47.5 Å². The largest absolute Gasteiger partial charge is 0.444 e. The number of aliphatic hydroxyl groups excluding tert-OH is 1. The van der Waals surface area contributed by atoms with Gasteiger partial charge in [-0.2, -0.15) is 13.2 Å². The van der Waals surface area contributed by atoms with Gasteiger partial charge in [0.15, 0.2) is 6.10 Å². The molecule has 0 bridgehead atoms. The highest BCUT2D eigenvalue weighted by atomic mass is 19.4. The van der Waals surface area contributed by atoms with Gasteiger partial charge in [-0.25, -0.2) is 4.79 Å². The molecule has 0 aromatic carbocycles. The molecular weight excluding hydrogens is 423 g/mol. The molecule has 11 heteroatoms. The van der Waals surface area contributed by atoms with Crippen LogP contribution in [0.3, 0.4) is 0 Å². The van der Waals surface area contributed by atoms with Gasteiger partial charge < -0.3 is 28.8 Å². The molecule has 2 heterocycles. The summed E-state index contributed by atoms with van der Waals surface area (Å²) in [6, 6.07) is 0. The number of aliphatic hydroxyl groups is 1. The van der Waals surface area contributed by atoms with Gasteiger partial charge in [0.05, 0.1) is 18.2 Å². The lowest BCUT2D eigenvalue weighted by molar-refractivity contribution is -0.462. The predicted molar refractivity (Wildman–Crippen MR) is 101 cm³/mol. The summed E-state index contributed by atoms with van der Waals surface area (Å²) in [5.74, 6) is -4.50. The van der Waals surface area contributed by atoms with E-state index in [0.717, 1.165) is 0 Å². The number of methoxy groups -OCH3 is 2. The number of alkyl halides is 3. The molecule has 0 unspecified atom stereocenters. The molecule has 1 aliphatic carbocycles. The molecule has 6 atom stereocenters. The molecule has 2 aliphatic heterocycles. The van der Waals surface area contributed by atoms with E-state index < -0.39 is 59.2 Å². The van der Waals surface area contributed by atoms with E-state index in [-0.39, 0.29) is 19.4 Å². The lowest BCUT2D eigenvalue weighted by Crippen LogP contribution is -2.75. The quantitative estimate of drug-likeness (QED) is 0.700. The smallest absolute Gasteiger partial charge is 0.414 e. The fraction of sp³-hybridized carbons (Fsp3) is 0.950. The number of hydrogen-bond acceptors (Lipinski definition) is 7. The third-order valence-electron chi connectivity index (χ3n) is 6.63. The number of likely N-dealkylation sites (tertiary alicyclic amines) is 1. The van der Waals surface area contributed by atoms with Crippen LogP contribution in [0.25, 0.3) is 0 Å². The maximum atomic E-state index is 13.7. The minimum Gasteiger partial charge on any atom is -0.444 e. The summed E-state index contributed by atoms with van der Waals surface area (Å²) in [4.78, 5) is 14.2. The van der Waals surface area contributed by atoms with Crippen molar-refractivity contribution < 1.29 is 46.8 Å². The summed E-state index contributed by atoms with van der Waals surface area (Å²) in [5.41, 5.74) is -2.10. The topological polar surface area (TPSA) is 86.7 Å². The molecule has 3 aliphatic rings. The fourth-order valence-corrected chi connectivity index (χ4v) is 4.65. The Hall–Kier alpha value is -1.14. The van der Waals surface area contributed by atoms with E-state index in [1.54, 1.807) is 27.7 Å². The monoisotopic (exact) mass is 455 g/mol. The highest BCUT2D eigenvalue weighted by Gasteiger charge is 2.72. The molecule has 1 spiro atoms. The Balaban J connectivity index is 2.05. The Labute approximate surface area is 179 Å². The third kappa shape index (κ3) is 4.03. The van der Waals surface area contributed by atoms with E-state index in [1.165, 1.54) is 26.0 Å². The van der Waals surface area contributed by atoms with Crippen molar-refractivity contribution in [3.63, 3.8) is 0 Å². The first-order chi connectivity index (χ1) is 14.0. The second-order valence-electron chi connectivity index (χ2n) is 9.75. The normalized spacial score (nSPS) is 38.5. The van der Waals surface area contributed by atoms with Crippen LogP contribution in [0.4, 0.5) is 18.0 Å². The summed E-state index contributed by atoms with van der Waals surface area (Å²) >= 11 is 0. The molecule has 1 saturated carbocycles. The average Bonchev–Trinajstić information content (AvgIpc) is 3.41. The summed E-state index contributed by atoms with van der Waals surface area (Å²) in [5, 5.41) is 10.4. The van der Waals surface area contributed by atoms with Crippen LogP contribution in [-0.2, 0) is 23.7 Å². The van der Waals surface area contributed by atoms with E-state index in [0.29, 0.717) is 0 Å². The van der Waals surface area contributed by atoms with Crippen molar-refractivity contribution in [3.8, 4) is 0 Å². The zero-order valence-corrected chi connectivity index (χ0v) is 18.9. The van der Waals surface area contributed by atoms with Crippen molar-refractivity contribution in [2.24, 2.45) is 5.92 Å². The maximum absolute atomic E-state index is 13.7. The van der Waals surface area contributed by atoms with E-state index in [9.17, 15) is 23.1 Å². The van der Waals surface area contributed by atoms with Gasteiger partial charge in [-0.05, 0) is 47.5 Å². The van der Waals surface area contributed by atoms with E-state index in [1.807, 2.05) is 0 Å². The molecule has 3 rings (SSSR count). The van der Waals surface area contributed by atoms with Crippen molar-refractivity contribution >= 4 is 6.09 Å². The Morgan fingerprint density at radius 3 is 2.03 bits per heavy atom.